The number of rotatable bonds is 8. The molecular formula is C30H40N4O7S. The Morgan fingerprint density at radius 1 is 1.10 bits per heavy atom. The minimum atomic E-state index is -3.63. The standard InChI is InChI=1S/C30H40N4O7S/c1-19-16-26(39-6)24(23-13-15-34(27(19)23)29(36)41-30(2,3)4)18-33-14-12-22(32-42(37,38)31-5)17-25(33)20-8-10-21(11-9-20)28(35)40-7/h8-11,13,15-16,22,25,31-32H,12,14,17-18H2,1-7H3/t22-,25-/m0/s1. The number of nitrogens with one attached hydrogen (secondary N) is 2. The van der Waals surface area contributed by atoms with E-state index in [1.165, 1.54) is 18.7 Å². The number of hydrogen-bond acceptors (Lipinski definition) is 8. The van der Waals surface area contributed by atoms with Gasteiger partial charge in [-0.25, -0.2) is 14.3 Å². The SMILES string of the molecule is CNS(=O)(=O)N[C@H]1CCN(Cc2c(OC)cc(C)c3c2ccn3C(=O)OC(C)(C)C)[C@H](c2ccc(C(=O)OC)cc2)C1. The Hall–Kier alpha value is -3.45. The summed E-state index contributed by atoms with van der Waals surface area (Å²) in [5.41, 5.74) is 3.25. The van der Waals surface area contributed by atoms with Crippen LogP contribution in [0.2, 0.25) is 0 Å². The molecule has 3 aromatic rings. The zero-order valence-electron chi connectivity index (χ0n) is 25.2. The molecule has 42 heavy (non-hydrogen) atoms. The Morgan fingerprint density at radius 2 is 1.79 bits per heavy atom. The Balaban J connectivity index is 1.74. The molecule has 1 aliphatic heterocycles. The monoisotopic (exact) mass is 600 g/mol. The van der Waals surface area contributed by atoms with E-state index in [1.54, 1.807) is 25.4 Å². The number of nitrogens with zero attached hydrogens (tertiary/aromatic N) is 2. The van der Waals surface area contributed by atoms with Crippen molar-refractivity contribution in [2.45, 2.75) is 64.8 Å². The number of methoxy groups -OCH3 is 2. The van der Waals surface area contributed by atoms with Crippen molar-refractivity contribution in [2.75, 3.05) is 27.8 Å². The highest BCUT2D eigenvalue weighted by Gasteiger charge is 2.33. The number of carbonyl (C=O) groups excluding carboxylic acids is 2. The number of benzene rings is 2. The fraction of sp³-hybridized carbons (Fsp3) is 0.467. The smallest absolute Gasteiger partial charge is 0.419 e. The predicted molar refractivity (Wildman–Crippen MR) is 160 cm³/mol. The number of aryl methyl sites for hydroxylation is 1. The van der Waals surface area contributed by atoms with E-state index in [0.29, 0.717) is 37.2 Å². The van der Waals surface area contributed by atoms with E-state index in [-0.39, 0.29) is 12.1 Å². The van der Waals surface area contributed by atoms with Gasteiger partial charge in [-0.3, -0.25) is 9.47 Å². The van der Waals surface area contributed by atoms with Crippen LogP contribution in [0.5, 0.6) is 5.75 Å². The molecule has 0 amide bonds. The van der Waals surface area contributed by atoms with E-state index in [2.05, 4.69) is 14.3 Å². The summed E-state index contributed by atoms with van der Waals surface area (Å²) in [4.78, 5) is 27.4. The van der Waals surface area contributed by atoms with Crippen LogP contribution < -0.4 is 14.2 Å². The molecule has 0 aliphatic carbocycles. The molecule has 0 unspecified atom stereocenters. The largest absolute Gasteiger partial charge is 0.496 e. The van der Waals surface area contributed by atoms with Gasteiger partial charge >= 0.3 is 12.1 Å². The van der Waals surface area contributed by atoms with Crippen LogP contribution in [0, 0.1) is 6.92 Å². The van der Waals surface area contributed by atoms with Gasteiger partial charge in [-0.05, 0) is 75.9 Å². The number of carbonyl (C=O) groups is 2. The fourth-order valence-electron chi connectivity index (χ4n) is 5.47. The maximum Gasteiger partial charge on any atom is 0.419 e. The summed E-state index contributed by atoms with van der Waals surface area (Å²) in [6.45, 7) is 8.49. The number of ether oxygens (including phenoxy) is 3. The summed E-state index contributed by atoms with van der Waals surface area (Å²) in [5.74, 6) is 0.266. The van der Waals surface area contributed by atoms with Crippen LogP contribution in [0.25, 0.3) is 10.9 Å². The van der Waals surface area contributed by atoms with Crippen molar-refractivity contribution in [3.8, 4) is 5.75 Å². The van der Waals surface area contributed by atoms with Crippen molar-refractivity contribution in [1.82, 2.24) is 18.9 Å². The molecule has 4 rings (SSSR count). The van der Waals surface area contributed by atoms with Crippen LogP contribution >= 0.6 is 0 Å². The van der Waals surface area contributed by atoms with E-state index < -0.39 is 27.9 Å². The van der Waals surface area contributed by atoms with Crippen LogP contribution in [0.4, 0.5) is 4.79 Å². The van der Waals surface area contributed by atoms with Gasteiger partial charge < -0.3 is 14.2 Å². The first-order chi connectivity index (χ1) is 19.8. The molecule has 0 spiro atoms. The second kappa shape index (κ2) is 12.4. The maximum absolute atomic E-state index is 13.1. The van der Waals surface area contributed by atoms with E-state index in [4.69, 9.17) is 14.2 Å². The molecule has 0 radical (unpaired) electrons. The average molecular weight is 601 g/mol. The molecule has 12 heteroatoms. The molecular weight excluding hydrogens is 560 g/mol. The molecule has 2 atom stereocenters. The highest BCUT2D eigenvalue weighted by Crippen LogP contribution is 2.38. The van der Waals surface area contributed by atoms with Crippen molar-refractivity contribution >= 4 is 33.2 Å². The van der Waals surface area contributed by atoms with Crippen molar-refractivity contribution < 1.29 is 32.2 Å². The Morgan fingerprint density at radius 3 is 2.38 bits per heavy atom. The highest BCUT2D eigenvalue weighted by atomic mass is 32.2. The van der Waals surface area contributed by atoms with Crippen molar-refractivity contribution in [3.05, 3.63) is 64.8 Å². The lowest BCUT2D eigenvalue weighted by Crippen LogP contribution is -2.48. The van der Waals surface area contributed by atoms with Gasteiger partial charge in [0.25, 0.3) is 10.2 Å². The van der Waals surface area contributed by atoms with Crippen LogP contribution in [0.15, 0.2) is 42.6 Å². The molecule has 1 aromatic heterocycles. The van der Waals surface area contributed by atoms with E-state index in [9.17, 15) is 18.0 Å². The summed E-state index contributed by atoms with van der Waals surface area (Å²) < 4.78 is 47.5. The van der Waals surface area contributed by atoms with Crippen molar-refractivity contribution in [3.63, 3.8) is 0 Å². The van der Waals surface area contributed by atoms with Crippen LogP contribution in [-0.4, -0.2) is 69.4 Å². The second-order valence-electron chi connectivity index (χ2n) is 11.4. The van der Waals surface area contributed by atoms with Gasteiger partial charge in [-0.1, -0.05) is 12.1 Å². The van der Waals surface area contributed by atoms with Gasteiger partial charge in [-0.15, -0.1) is 0 Å². The normalized spacial score (nSPS) is 18.2. The molecule has 0 bridgehead atoms. The fourth-order valence-corrected chi connectivity index (χ4v) is 6.24. The molecule has 1 aliphatic rings. The first kappa shape index (κ1) is 31.5. The van der Waals surface area contributed by atoms with Crippen LogP contribution in [-0.2, 0) is 26.2 Å². The quantitative estimate of drug-likeness (QED) is 0.367. The van der Waals surface area contributed by atoms with Gasteiger partial charge in [0.1, 0.15) is 11.4 Å². The zero-order valence-corrected chi connectivity index (χ0v) is 26.0. The van der Waals surface area contributed by atoms with Crippen molar-refractivity contribution in [2.24, 2.45) is 0 Å². The molecule has 2 N–H and O–H groups in total. The van der Waals surface area contributed by atoms with E-state index in [1.807, 2.05) is 52.0 Å². The van der Waals surface area contributed by atoms with Gasteiger partial charge in [-0.2, -0.15) is 13.1 Å². The summed E-state index contributed by atoms with van der Waals surface area (Å²) >= 11 is 0. The minimum absolute atomic E-state index is 0.177. The first-order valence-electron chi connectivity index (χ1n) is 13.8. The molecule has 0 saturated carbocycles. The Kier molecular flexibility index (Phi) is 9.31. The van der Waals surface area contributed by atoms with E-state index in [0.717, 1.165) is 27.6 Å². The van der Waals surface area contributed by atoms with Crippen LogP contribution in [0.1, 0.15) is 66.7 Å². The minimum Gasteiger partial charge on any atom is -0.496 e. The third-order valence-electron chi connectivity index (χ3n) is 7.42. The lowest BCUT2D eigenvalue weighted by atomic mass is 9.90. The number of aromatic nitrogens is 1. The summed E-state index contributed by atoms with van der Waals surface area (Å²) in [6.07, 6.45) is 2.36. The predicted octanol–water partition coefficient (Wildman–Crippen LogP) is 4.29. The Bertz CT molecular complexity index is 1560. The molecule has 1 fully saturated rings. The number of likely N-dealkylation sites (tertiary alicyclic amines) is 1. The van der Waals surface area contributed by atoms with Crippen LogP contribution in [0.3, 0.4) is 0 Å². The number of hydrogen-bond donors (Lipinski definition) is 2. The van der Waals surface area contributed by atoms with Gasteiger partial charge in [0, 0.05) is 49.4 Å². The van der Waals surface area contributed by atoms with Gasteiger partial charge in [0.15, 0.2) is 0 Å². The molecule has 1 saturated heterocycles. The topological polar surface area (TPSA) is 128 Å². The summed E-state index contributed by atoms with van der Waals surface area (Å²) in [7, 11) is 0.701. The second-order valence-corrected chi connectivity index (χ2v) is 13.1. The highest BCUT2D eigenvalue weighted by molar-refractivity contribution is 7.87. The molecule has 11 nitrogen and oxygen atoms in total. The van der Waals surface area contributed by atoms with Gasteiger partial charge in [0.05, 0.1) is 25.3 Å². The summed E-state index contributed by atoms with van der Waals surface area (Å²) in [6, 6.07) is 10.5. The van der Waals surface area contributed by atoms with E-state index >= 15 is 0 Å². The third-order valence-corrected chi connectivity index (χ3v) is 8.60. The third kappa shape index (κ3) is 6.95. The molecule has 2 heterocycles. The lowest BCUT2D eigenvalue weighted by Gasteiger charge is -2.40. The zero-order chi connectivity index (χ0) is 30.8. The number of piperidine rings is 1. The number of fused-ring (bicyclic) bond motifs is 1. The maximum atomic E-state index is 13.1. The lowest BCUT2D eigenvalue weighted by molar-refractivity contribution is 0.0542. The Labute approximate surface area is 247 Å². The molecule has 2 aromatic carbocycles. The summed E-state index contributed by atoms with van der Waals surface area (Å²) in [5, 5.41) is 0.871. The first-order valence-corrected chi connectivity index (χ1v) is 15.3. The van der Waals surface area contributed by atoms with Gasteiger partial charge in [0.2, 0.25) is 0 Å². The molecule has 228 valence electrons. The number of esters is 1. The average Bonchev–Trinajstić information content (AvgIpc) is 3.40. The van der Waals surface area contributed by atoms with Crippen molar-refractivity contribution in [1.29, 1.82) is 0 Å².